The van der Waals surface area contributed by atoms with Gasteiger partial charge in [0, 0.05) is 12.5 Å². The molecular formula is C12H16BrNO3S. The van der Waals surface area contributed by atoms with E-state index in [1.807, 2.05) is 18.4 Å². The van der Waals surface area contributed by atoms with Crippen molar-refractivity contribution >= 4 is 33.7 Å². The zero-order valence-corrected chi connectivity index (χ0v) is 12.7. The first-order chi connectivity index (χ1) is 8.49. The molecule has 0 spiro atoms. The number of benzene rings is 1. The molecule has 0 aliphatic carbocycles. The predicted molar refractivity (Wildman–Crippen MR) is 76.3 cm³/mol. The maximum Gasteiger partial charge on any atom is 0.303 e. The van der Waals surface area contributed by atoms with Crippen molar-refractivity contribution < 1.29 is 14.6 Å². The number of thioether (sulfide) groups is 1. The summed E-state index contributed by atoms with van der Waals surface area (Å²) in [7, 11) is 1.61. The summed E-state index contributed by atoms with van der Waals surface area (Å²) >= 11 is 5.00. The van der Waals surface area contributed by atoms with Crippen molar-refractivity contribution in [2.45, 2.75) is 23.8 Å². The van der Waals surface area contributed by atoms with Crippen LogP contribution in [0.4, 0.5) is 0 Å². The number of carboxylic acids is 1. The molecule has 1 unspecified atom stereocenters. The molecule has 0 heterocycles. The van der Waals surface area contributed by atoms with Crippen LogP contribution in [0.1, 0.15) is 24.4 Å². The van der Waals surface area contributed by atoms with E-state index in [0.29, 0.717) is 6.42 Å². The Balaban J connectivity index is 2.96. The zero-order valence-electron chi connectivity index (χ0n) is 10.3. The molecule has 0 saturated heterocycles. The van der Waals surface area contributed by atoms with Gasteiger partial charge >= 0.3 is 5.97 Å². The second kappa shape index (κ2) is 7.01. The van der Waals surface area contributed by atoms with E-state index in [-0.39, 0.29) is 12.5 Å². The highest BCUT2D eigenvalue weighted by atomic mass is 79.9. The molecule has 0 aromatic heterocycles. The molecule has 0 aliphatic rings. The lowest BCUT2D eigenvalue weighted by molar-refractivity contribution is -0.137. The monoisotopic (exact) mass is 333 g/mol. The second-order valence-electron chi connectivity index (χ2n) is 3.78. The number of nitrogens with two attached hydrogens (primary N) is 1. The van der Waals surface area contributed by atoms with Gasteiger partial charge in [-0.15, -0.1) is 11.8 Å². The number of ether oxygens (including phenoxy) is 1. The summed E-state index contributed by atoms with van der Waals surface area (Å²) in [6, 6.07) is 3.54. The number of rotatable bonds is 6. The Morgan fingerprint density at radius 1 is 1.61 bits per heavy atom. The molecule has 0 saturated carbocycles. The summed E-state index contributed by atoms with van der Waals surface area (Å²) in [5.74, 6) is -0.0557. The molecule has 1 aromatic rings. The molecule has 0 amide bonds. The zero-order chi connectivity index (χ0) is 13.7. The molecule has 100 valence electrons. The van der Waals surface area contributed by atoms with E-state index in [9.17, 15) is 4.79 Å². The van der Waals surface area contributed by atoms with Crippen LogP contribution in [0.2, 0.25) is 0 Å². The molecule has 1 rings (SSSR count). The van der Waals surface area contributed by atoms with E-state index in [0.717, 1.165) is 20.7 Å². The minimum absolute atomic E-state index is 0.0689. The number of carbonyl (C=O) groups is 1. The van der Waals surface area contributed by atoms with E-state index < -0.39 is 5.97 Å². The fourth-order valence-electron chi connectivity index (χ4n) is 1.60. The van der Waals surface area contributed by atoms with Crippen molar-refractivity contribution in [3.05, 3.63) is 22.2 Å². The van der Waals surface area contributed by atoms with Crippen molar-refractivity contribution in [2.75, 3.05) is 13.4 Å². The first kappa shape index (κ1) is 15.3. The molecular weight excluding hydrogens is 318 g/mol. The Bertz CT molecular complexity index is 440. The molecule has 6 heteroatoms. The largest absolute Gasteiger partial charge is 0.494 e. The summed E-state index contributed by atoms with van der Waals surface area (Å²) in [6.45, 7) is 0. The van der Waals surface area contributed by atoms with Crippen molar-refractivity contribution in [1.29, 1.82) is 0 Å². The Morgan fingerprint density at radius 3 is 2.78 bits per heavy atom. The average Bonchev–Trinajstić information content (AvgIpc) is 2.34. The molecule has 1 aromatic carbocycles. The van der Waals surface area contributed by atoms with Gasteiger partial charge in [0.1, 0.15) is 5.75 Å². The number of carboxylic acid groups (broad SMARTS) is 1. The van der Waals surface area contributed by atoms with Crippen LogP contribution in [-0.2, 0) is 4.79 Å². The highest BCUT2D eigenvalue weighted by molar-refractivity contribution is 9.10. The third-order valence-electron chi connectivity index (χ3n) is 2.55. The van der Waals surface area contributed by atoms with E-state index >= 15 is 0 Å². The van der Waals surface area contributed by atoms with E-state index in [1.165, 1.54) is 0 Å². The van der Waals surface area contributed by atoms with Crippen LogP contribution >= 0.6 is 27.7 Å². The van der Waals surface area contributed by atoms with Crippen molar-refractivity contribution in [3.63, 3.8) is 0 Å². The Kier molecular flexibility index (Phi) is 5.98. The average molecular weight is 334 g/mol. The van der Waals surface area contributed by atoms with Gasteiger partial charge in [0.25, 0.3) is 0 Å². The topological polar surface area (TPSA) is 72.5 Å². The van der Waals surface area contributed by atoms with E-state index in [4.69, 9.17) is 15.6 Å². The molecule has 0 aliphatic heterocycles. The molecule has 3 N–H and O–H groups in total. The van der Waals surface area contributed by atoms with Gasteiger partial charge < -0.3 is 15.6 Å². The van der Waals surface area contributed by atoms with Gasteiger partial charge in [0.05, 0.1) is 16.5 Å². The lowest BCUT2D eigenvalue weighted by Crippen LogP contribution is -2.12. The van der Waals surface area contributed by atoms with Crippen molar-refractivity contribution in [2.24, 2.45) is 5.73 Å². The van der Waals surface area contributed by atoms with Crippen LogP contribution in [0.3, 0.4) is 0 Å². The van der Waals surface area contributed by atoms with Crippen LogP contribution in [-0.4, -0.2) is 24.4 Å². The second-order valence-corrected chi connectivity index (χ2v) is 5.48. The number of aliphatic carboxylic acids is 1. The third-order valence-corrected chi connectivity index (χ3v) is 3.89. The smallest absolute Gasteiger partial charge is 0.303 e. The number of halogens is 1. The molecule has 1 atom stereocenters. The Hall–Kier alpha value is -0.720. The van der Waals surface area contributed by atoms with Gasteiger partial charge in [0.2, 0.25) is 0 Å². The van der Waals surface area contributed by atoms with Crippen LogP contribution in [0.15, 0.2) is 21.5 Å². The summed E-state index contributed by atoms with van der Waals surface area (Å²) in [5, 5.41) is 8.66. The summed E-state index contributed by atoms with van der Waals surface area (Å²) in [4.78, 5) is 11.5. The Labute approximate surface area is 119 Å². The van der Waals surface area contributed by atoms with E-state index in [1.54, 1.807) is 18.9 Å². The lowest BCUT2D eigenvalue weighted by Gasteiger charge is -2.15. The maximum absolute atomic E-state index is 10.5. The summed E-state index contributed by atoms with van der Waals surface area (Å²) in [6.07, 6.45) is 2.44. The summed E-state index contributed by atoms with van der Waals surface area (Å²) in [5.41, 5.74) is 6.90. The standard InChI is InChI=1S/C12H16BrNO3S/c1-17-12-8(13)5-7(6-10(12)18-2)9(14)3-4-11(15)16/h5-6,9H,3-4,14H2,1-2H3,(H,15,16). The number of hydrogen-bond acceptors (Lipinski definition) is 4. The van der Waals surface area contributed by atoms with Gasteiger partial charge in [-0.25, -0.2) is 0 Å². The van der Waals surface area contributed by atoms with Gasteiger partial charge in [0.15, 0.2) is 0 Å². The minimum atomic E-state index is -0.830. The van der Waals surface area contributed by atoms with Gasteiger partial charge in [-0.1, -0.05) is 0 Å². The predicted octanol–water partition coefficient (Wildman–Crippen LogP) is 3.04. The van der Waals surface area contributed by atoms with Crippen LogP contribution in [0.5, 0.6) is 5.75 Å². The minimum Gasteiger partial charge on any atom is -0.494 e. The quantitative estimate of drug-likeness (QED) is 0.783. The third kappa shape index (κ3) is 3.90. The Morgan fingerprint density at radius 2 is 2.28 bits per heavy atom. The maximum atomic E-state index is 10.5. The molecule has 0 radical (unpaired) electrons. The van der Waals surface area contributed by atoms with Crippen LogP contribution in [0.25, 0.3) is 0 Å². The fraction of sp³-hybridized carbons (Fsp3) is 0.417. The fourth-order valence-corrected chi connectivity index (χ4v) is 3.00. The van der Waals surface area contributed by atoms with Crippen molar-refractivity contribution in [1.82, 2.24) is 0 Å². The van der Waals surface area contributed by atoms with Crippen LogP contribution in [0, 0.1) is 0 Å². The number of methoxy groups -OCH3 is 1. The molecule has 18 heavy (non-hydrogen) atoms. The van der Waals surface area contributed by atoms with Gasteiger partial charge in [-0.2, -0.15) is 0 Å². The highest BCUT2D eigenvalue weighted by Crippen LogP contribution is 2.37. The molecule has 4 nitrogen and oxygen atoms in total. The van der Waals surface area contributed by atoms with Gasteiger partial charge in [-0.05, 0) is 46.3 Å². The molecule has 0 bridgehead atoms. The van der Waals surface area contributed by atoms with E-state index in [2.05, 4.69) is 15.9 Å². The normalized spacial score (nSPS) is 12.2. The first-order valence-electron chi connectivity index (χ1n) is 5.38. The SMILES string of the molecule is COc1c(Br)cc(C(N)CCC(=O)O)cc1SC. The lowest BCUT2D eigenvalue weighted by atomic mass is 10.0. The summed E-state index contributed by atoms with van der Waals surface area (Å²) < 4.78 is 6.13. The van der Waals surface area contributed by atoms with Crippen LogP contribution < -0.4 is 10.5 Å². The van der Waals surface area contributed by atoms with Gasteiger partial charge in [-0.3, -0.25) is 4.79 Å². The van der Waals surface area contributed by atoms with Crippen molar-refractivity contribution in [3.8, 4) is 5.75 Å². The first-order valence-corrected chi connectivity index (χ1v) is 7.40. The number of hydrogen-bond donors (Lipinski definition) is 2. The molecule has 0 fully saturated rings. The highest BCUT2D eigenvalue weighted by Gasteiger charge is 2.14.